The van der Waals surface area contributed by atoms with Crippen LogP contribution in [0.15, 0.2) is 73.3 Å². The van der Waals surface area contributed by atoms with Crippen LogP contribution in [0.5, 0.6) is 0 Å². The van der Waals surface area contributed by atoms with E-state index in [-0.39, 0.29) is 23.4 Å². The SMILES string of the molecule is CC(C)CC(=O)Nc1cncc(-c2ccc(N)c(C(=N)c3nc4c(-c5cccc(F)c5)cncc4[nH]3)c2)c1. The molecule has 5 rings (SSSR count). The molecule has 0 aliphatic rings. The second-order valence-electron chi connectivity index (χ2n) is 9.46. The zero-order chi connectivity index (χ0) is 26.8. The molecule has 9 heteroatoms. The minimum Gasteiger partial charge on any atom is -0.398 e. The van der Waals surface area contributed by atoms with Gasteiger partial charge in [-0.1, -0.05) is 32.0 Å². The van der Waals surface area contributed by atoms with E-state index in [1.54, 1.807) is 49.1 Å². The van der Waals surface area contributed by atoms with Crippen molar-refractivity contribution in [2.75, 3.05) is 11.1 Å². The van der Waals surface area contributed by atoms with Gasteiger partial charge in [0.2, 0.25) is 5.91 Å². The van der Waals surface area contributed by atoms with Crippen LogP contribution in [-0.4, -0.2) is 31.6 Å². The van der Waals surface area contributed by atoms with Crippen molar-refractivity contribution in [1.29, 1.82) is 5.41 Å². The first-order valence-corrected chi connectivity index (χ1v) is 12.1. The van der Waals surface area contributed by atoms with Gasteiger partial charge < -0.3 is 16.0 Å². The molecular weight excluding hydrogens is 481 g/mol. The van der Waals surface area contributed by atoms with E-state index in [9.17, 15) is 9.18 Å². The molecule has 3 heterocycles. The number of nitrogen functional groups attached to an aromatic ring is 1. The fourth-order valence-electron chi connectivity index (χ4n) is 4.25. The lowest BCUT2D eigenvalue weighted by molar-refractivity contribution is -0.116. The van der Waals surface area contributed by atoms with Gasteiger partial charge >= 0.3 is 0 Å². The third-order valence-corrected chi connectivity index (χ3v) is 6.04. The first kappa shape index (κ1) is 24.8. The quantitative estimate of drug-likeness (QED) is 0.163. The number of carbonyl (C=O) groups is 1. The Kier molecular flexibility index (Phi) is 6.66. The zero-order valence-corrected chi connectivity index (χ0v) is 20.9. The number of halogens is 1. The van der Waals surface area contributed by atoms with Crippen molar-refractivity contribution >= 4 is 34.0 Å². The van der Waals surface area contributed by atoms with E-state index in [1.807, 2.05) is 26.0 Å². The van der Waals surface area contributed by atoms with Gasteiger partial charge in [-0.15, -0.1) is 0 Å². The molecule has 0 fully saturated rings. The molecule has 0 aliphatic heterocycles. The van der Waals surface area contributed by atoms with Crippen LogP contribution in [0, 0.1) is 17.1 Å². The van der Waals surface area contributed by atoms with E-state index in [0.29, 0.717) is 51.3 Å². The van der Waals surface area contributed by atoms with Gasteiger partial charge in [-0.3, -0.25) is 20.2 Å². The highest BCUT2D eigenvalue weighted by Crippen LogP contribution is 2.29. The molecule has 2 aromatic carbocycles. The van der Waals surface area contributed by atoms with E-state index in [1.165, 1.54) is 12.1 Å². The number of nitrogens with two attached hydrogens (primary N) is 1. The van der Waals surface area contributed by atoms with E-state index in [0.717, 1.165) is 11.1 Å². The molecule has 0 aliphatic carbocycles. The third-order valence-electron chi connectivity index (χ3n) is 6.04. The van der Waals surface area contributed by atoms with Crippen molar-refractivity contribution in [3.05, 3.63) is 90.5 Å². The standard InChI is InChI=1S/C29H26FN7O/c1-16(2)8-26(38)35-21-10-19(12-33-13-21)17-6-7-24(31)22(11-17)27(32)29-36-25-15-34-14-23(28(25)37-29)18-4-3-5-20(30)9-18/h3-7,9-16,32H,8,31H2,1-2H3,(H,35,38)(H,36,37). The number of hydrogen-bond acceptors (Lipinski definition) is 6. The fourth-order valence-corrected chi connectivity index (χ4v) is 4.25. The maximum atomic E-state index is 13.8. The lowest BCUT2D eigenvalue weighted by Crippen LogP contribution is -2.14. The monoisotopic (exact) mass is 507 g/mol. The summed E-state index contributed by atoms with van der Waals surface area (Å²) < 4.78 is 13.8. The molecule has 5 N–H and O–H groups in total. The molecule has 5 aromatic rings. The van der Waals surface area contributed by atoms with Crippen LogP contribution in [-0.2, 0) is 4.79 Å². The number of pyridine rings is 2. The number of aromatic nitrogens is 4. The summed E-state index contributed by atoms with van der Waals surface area (Å²) >= 11 is 0. The van der Waals surface area contributed by atoms with Crippen LogP contribution < -0.4 is 11.1 Å². The minimum atomic E-state index is -0.356. The number of nitrogens with zero attached hydrogens (tertiary/aromatic N) is 3. The van der Waals surface area contributed by atoms with E-state index in [4.69, 9.17) is 11.1 Å². The summed E-state index contributed by atoms with van der Waals surface area (Å²) in [5, 5.41) is 11.8. The van der Waals surface area contributed by atoms with Crippen molar-refractivity contribution in [3.63, 3.8) is 0 Å². The molecule has 0 radical (unpaired) electrons. The van der Waals surface area contributed by atoms with Gasteiger partial charge in [0.1, 0.15) is 11.5 Å². The van der Waals surface area contributed by atoms with Gasteiger partial charge in [0, 0.05) is 41.2 Å². The largest absolute Gasteiger partial charge is 0.398 e. The second-order valence-corrected chi connectivity index (χ2v) is 9.46. The highest BCUT2D eigenvalue weighted by atomic mass is 19.1. The first-order valence-electron chi connectivity index (χ1n) is 12.1. The van der Waals surface area contributed by atoms with Crippen molar-refractivity contribution in [3.8, 4) is 22.3 Å². The average Bonchev–Trinajstić information content (AvgIpc) is 3.33. The summed E-state index contributed by atoms with van der Waals surface area (Å²) in [4.78, 5) is 28.5. The molecule has 38 heavy (non-hydrogen) atoms. The Balaban J connectivity index is 1.48. The number of rotatable bonds is 7. The number of anilines is 2. The second kappa shape index (κ2) is 10.2. The zero-order valence-electron chi connectivity index (χ0n) is 20.9. The Morgan fingerprint density at radius 1 is 1.03 bits per heavy atom. The topological polar surface area (TPSA) is 133 Å². The van der Waals surface area contributed by atoms with Crippen molar-refractivity contribution in [2.24, 2.45) is 5.92 Å². The average molecular weight is 508 g/mol. The Morgan fingerprint density at radius 2 is 1.84 bits per heavy atom. The van der Waals surface area contributed by atoms with Crippen LogP contribution >= 0.6 is 0 Å². The van der Waals surface area contributed by atoms with Gasteiger partial charge in [0.15, 0.2) is 5.82 Å². The number of imidazole rings is 1. The Morgan fingerprint density at radius 3 is 2.63 bits per heavy atom. The van der Waals surface area contributed by atoms with Crippen LogP contribution in [0.1, 0.15) is 31.7 Å². The molecule has 3 aromatic heterocycles. The summed E-state index contributed by atoms with van der Waals surface area (Å²) in [6.07, 6.45) is 6.95. The number of carbonyl (C=O) groups excluding carboxylic acids is 1. The van der Waals surface area contributed by atoms with Gasteiger partial charge in [-0.25, -0.2) is 9.37 Å². The smallest absolute Gasteiger partial charge is 0.224 e. The normalized spacial score (nSPS) is 11.2. The fraction of sp³-hybridized carbons (Fsp3) is 0.138. The van der Waals surface area contributed by atoms with Crippen molar-refractivity contribution < 1.29 is 9.18 Å². The first-order chi connectivity index (χ1) is 18.3. The Hall–Kier alpha value is -4.92. The number of amides is 1. The number of benzene rings is 2. The molecule has 0 saturated heterocycles. The predicted molar refractivity (Wildman–Crippen MR) is 147 cm³/mol. The maximum absolute atomic E-state index is 13.8. The molecule has 0 unspecified atom stereocenters. The molecule has 0 spiro atoms. The summed E-state index contributed by atoms with van der Waals surface area (Å²) in [6.45, 7) is 3.97. The molecular formula is C29H26FN7O. The van der Waals surface area contributed by atoms with Gasteiger partial charge in [0.25, 0.3) is 0 Å². The minimum absolute atomic E-state index is 0.0734. The van der Waals surface area contributed by atoms with Gasteiger partial charge in [-0.05, 0) is 47.4 Å². The molecule has 8 nitrogen and oxygen atoms in total. The highest BCUT2D eigenvalue weighted by Gasteiger charge is 2.17. The van der Waals surface area contributed by atoms with Crippen LogP contribution in [0.2, 0.25) is 0 Å². The number of nitrogens with one attached hydrogen (secondary N) is 3. The van der Waals surface area contributed by atoms with E-state index < -0.39 is 0 Å². The summed E-state index contributed by atoms with van der Waals surface area (Å²) in [5.41, 5.74) is 11.9. The van der Waals surface area contributed by atoms with Crippen molar-refractivity contribution in [2.45, 2.75) is 20.3 Å². The Labute approximate surface area is 218 Å². The van der Waals surface area contributed by atoms with Gasteiger partial charge in [-0.2, -0.15) is 0 Å². The number of fused-ring (bicyclic) bond motifs is 1. The highest BCUT2D eigenvalue weighted by molar-refractivity contribution is 6.13. The molecule has 0 atom stereocenters. The molecule has 190 valence electrons. The van der Waals surface area contributed by atoms with Crippen LogP contribution in [0.4, 0.5) is 15.8 Å². The summed E-state index contributed by atoms with van der Waals surface area (Å²) in [7, 11) is 0. The van der Waals surface area contributed by atoms with Crippen molar-refractivity contribution in [1.82, 2.24) is 19.9 Å². The molecule has 0 bridgehead atoms. The van der Waals surface area contributed by atoms with E-state index in [2.05, 4.69) is 25.3 Å². The van der Waals surface area contributed by atoms with E-state index >= 15 is 0 Å². The summed E-state index contributed by atoms with van der Waals surface area (Å²) in [5.74, 6) is 0.124. The van der Waals surface area contributed by atoms with Crippen LogP contribution in [0.25, 0.3) is 33.3 Å². The number of H-pyrrole nitrogens is 1. The predicted octanol–water partition coefficient (Wildman–Crippen LogP) is 5.81. The summed E-state index contributed by atoms with van der Waals surface area (Å²) in [6, 6.07) is 13.4. The lowest BCUT2D eigenvalue weighted by Gasteiger charge is -2.11. The number of aromatic amines is 1. The molecule has 0 saturated carbocycles. The number of hydrogen-bond donors (Lipinski definition) is 4. The third kappa shape index (κ3) is 5.12. The van der Waals surface area contributed by atoms with Crippen LogP contribution in [0.3, 0.4) is 0 Å². The van der Waals surface area contributed by atoms with Gasteiger partial charge in [0.05, 0.1) is 29.1 Å². The Bertz CT molecular complexity index is 1680. The maximum Gasteiger partial charge on any atom is 0.224 e. The lowest BCUT2D eigenvalue weighted by atomic mass is 10.00. The molecule has 1 amide bonds.